The average molecular weight is 232 g/mol. The summed E-state index contributed by atoms with van der Waals surface area (Å²) in [6.07, 6.45) is 1.78. The summed E-state index contributed by atoms with van der Waals surface area (Å²) in [4.78, 5) is 13.5. The lowest BCUT2D eigenvalue weighted by molar-refractivity contribution is -0.139. The van der Waals surface area contributed by atoms with Crippen LogP contribution in [0.15, 0.2) is 0 Å². The largest absolute Gasteiger partial charge is 0.395 e. The van der Waals surface area contributed by atoms with E-state index < -0.39 is 0 Å². The minimum atomic E-state index is -0.0730. The number of carbonyl (C=O) groups is 1. The third kappa shape index (κ3) is 5.44. The number of nitrogens with two attached hydrogens (primary N) is 1. The van der Waals surface area contributed by atoms with Crippen molar-refractivity contribution in [2.45, 2.75) is 32.7 Å². The first-order valence-corrected chi connectivity index (χ1v) is 5.89. The lowest BCUT2D eigenvalue weighted by Gasteiger charge is -2.29. The molecule has 0 aliphatic heterocycles. The summed E-state index contributed by atoms with van der Waals surface area (Å²) in [5, 5.41) is 8.94. The van der Waals surface area contributed by atoms with Gasteiger partial charge in [0.2, 0.25) is 5.91 Å². The zero-order valence-corrected chi connectivity index (χ0v) is 10.3. The number of hydrogen-bond donors (Lipinski definition) is 2. The number of nitrogens with zero attached hydrogens (tertiary/aromatic N) is 1. The van der Waals surface area contributed by atoms with E-state index in [9.17, 15) is 4.79 Å². The van der Waals surface area contributed by atoms with Gasteiger partial charge in [-0.25, -0.2) is 0 Å². The summed E-state index contributed by atoms with van der Waals surface area (Å²) in [5.74, 6) is -0.0730. The van der Waals surface area contributed by atoms with Crippen LogP contribution in [0.4, 0.5) is 0 Å². The molecule has 3 N–H and O–H groups in total. The molecular formula is C11H24N2O3. The van der Waals surface area contributed by atoms with Crippen molar-refractivity contribution >= 4 is 5.91 Å². The highest BCUT2D eigenvalue weighted by Crippen LogP contribution is 2.08. The Hall–Kier alpha value is -0.650. The molecule has 0 saturated heterocycles. The second kappa shape index (κ2) is 9.57. The van der Waals surface area contributed by atoms with Gasteiger partial charge in [-0.2, -0.15) is 0 Å². The van der Waals surface area contributed by atoms with Gasteiger partial charge in [0.05, 0.1) is 13.2 Å². The van der Waals surface area contributed by atoms with Gasteiger partial charge in [0.15, 0.2) is 0 Å². The molecule has 0 radical (unpaired) electrons. The molecule has 96 valence electrons. The molecule has 0 aromatic heterocycles. The van der Waals surface area contributed by atoms with Gasteiger partial charge >= 0.3 is 0 Å². The molecular weight excluding hydrogens is 208 g/mol. The van der Waals surface area contributed by atoms with Gasteiger partial charge in [-0.1, -0.05) is 13.8 Å². The lowest BCUT2D eigenvalue weighted by Crippen LogP contribution is -2.43. The lowest BCUT2D eigenvalue weighted by atomic mass is 10.1. The molecule has 5 nitrogen and oxygen atoms in total. The molecule has 0 aliphatic carbocycles. The first-order chi connectivity index (χ1) is 7.71. The van der Waals surface area contributed by atoms with E-state index >= 15 is 0 Å². The van der Waals surface area contributed by atoms with Crippen molar-refractivity contribution in [1.82, 2.24) is 4.90 Å². The molecule has 1 amide bonds. The second-order valence-electron chi connectivity index (χ2n) is 3.62. The first-order valence-electron chi connectivity index (χ1n) is 5.89. The Labute approximate surface area is 97.6 Å². The number of ether oxygens (including phenoxy) is 1. The van der Waals surface area contributed by atoms with Crippen LogP contribution in [0.3, 0.4) is 0 Å². The summed E-state index contributed by atoms with van der Waals surface area (Å²) in [6, 6.07) is 0.182. The number of aliphatic hydroxyl groups is 1. The van der Waals surface area contributed by atoms with E-state index in [1.165, 1.54) is 0 Å². The highest BCUT2D eigenvalue weighted by Gasteiger charge is 2.20. The summed E-state index contributed by atoms with van der Waals surface area (Å²) >= 11 is 0. The van der Waals surface area contributed by atoms with Crippen LogP contribution < -0.4 is 5.73 Å². The van der Waals surface area contributed by atoms with E-state index in [1.807, 2.05) is 13.8 Å². The number of amides is 1. The first kappa shape index (κ1) is 15.3. The van der Waals surface area contributed by atoms with Crippen LogP contribution in [-0.2, 0) is 9.53 Å². The predicted molar refractivity (Wildman–Crippen MR) is 63.0 cm³/mol. The molecule has 0 spiro atoms. The summed E-state index contributed by atoms with van der Waals surface area (Å²) in [6.45, 7) is 5.28. The van der Waals surface area contributed by atoms with Crippen molar-refractivity contribution in [3.8, 4) is 0 Å². The van der Waals surface area contributed by atoms with Crippen LogP contribution in [0.5, 0.6) is 0 Å². The van der Waals surface area contributed by atoms with Gasteiger partial charge in [0.1, 0.15) is 6.61 Å². The maximum absolute atomic E-state index is 11.8. The van der Waals surface area contributed by atoms with Crippen LogP contribution >= 0.6 is 0 Å². The predicted octanol–water partition coefficient (Wildman–Crippen LogP) is -0.0288. The molecule has 5 heteroatoms. The Bertz CT molecular complexity index is 184. The van der Waals surface area contributed by atoms with E-state index in [0.29, 0.717) is 19.7 Å². The third-order valence-electron chi connectivity index (χ3n) is 2.53. The van der Waals surface area contributed by atoms with E-state index in [4.69, 9.17) is 15.6 Å². The minimum absolute atomic E-state index is 0.0148. The molecule has 0 saturated carbocycles. The Kier molecular flexibility index (Phi) is 9.18. The zero-order valence-electron chi connectivity index (χ0n) is 10.3. The summed E-state index contributed by atoms with van der Waals surface area (Å²) < 4.78 is 5.11. The van der Waals surface area contributed by atoms with Crippen molar-refractivity contribution in [2.75, 3.05) is 32.9 Å². The Morgan fingerprint density at radius 3 is 2.50 bits per heavy atom. The molecule has 0 aliphatic rings. The Morgan fingerprint density at radius 2 is 2.06 bits per heavy atom. The smallest absolute Gasteiger partial charge is 0.248 e. The summed E-state index contributed by atoms with van der Waals surface area (Å²) in [5.41, 5.74) is 5.27. The number of rotatable bonds is 9. The van der Waals surface area contributed by atoms with Crippen molar-refractivity contribution in [3.63, 3.8) is 0 Å². The molecule has 0 unspecified atom stereocenters. The van der Waals surface area contributed by atoms with Crippen molar-refractivity contribution in [1.29, 1.82) is 0 Å². The second-order valence-corrected chi connectivity index (χ2v) is 3.62. The van der Waals surface area contributed by atoms with Gasteiger partial charge in [-0.3, -0.25) is 4.79 Å². The standard InChI is InChI=1S/C11H24N2O3/c1-3-10(4-2)13(6-7-14)11(15)9-16-8-5-12/h10,14H,3-9,12H2,1-2H3. The topological polar surface area (TPSA) is 75.8 Å². The highest BCUT2D eigenvalue weighted by molar-refractivity contribution is 5.77. The van der Waals surface area contributed by atoms with Crippen molar-refractivity contribution < 1.29 is 14.6 Å². The number of carbonyl (C=O) groups excluding carboxylic acids is 1. The van der Waals surface area contributed by atoms with E-state index in [0.717, 1.165) is 12.8 Å². The van der Waals surface area contributed by atoms with Crippen molar-refractivity contribution in [2.24, 2.45) is 5.73 Å². The number of hydrogen-bond acceptors (Lipinski definition) is 4. The van der Waals surface area contributed by atoms with Crippen molar-refractivity contribution in [3.05, 3.63) is 0 Å². The minimum Gasteiger partial charge on any atom is -0.395 e. The molecule has 0 aromatic carbocycles. The monoisotopic (exact) mass is 232 g/mol. The molecule has 0 fully saturated rings. The number of aliphatic hydroxyl groups excluding tert-OH is 1. The fourth-order valence-corrected chi connectivity index (χ4v) is 1.67. The van der Waals surface area contributed by atoms with Crippen LogP contribution in [0.1, 0.15) is 26.7 Å². The van der Waals surface area contributed by atoms with E-state index in [2.05, 4.69) is 0 Å². The quantitative estimate of drug-likeness (QED) is 0.547. The molecule has 0 rings (SSSR count). The highest BCUT2D eigenvalue weighted by atomic mass is 16.5. The maximum Gasteiger partial charge on any atom is 0.248 e. The van der Waals surface area contributed by atoms with Crippen LogP contribution in [0, 0.1) is 0 Å². The van der Waals surface area contributed by atoms with E-state index in [1.54, 1.807) is 4.90 Å². The van der Waals surface area contributed by atoms with Crippen LogP contribution in [0.25, 0.3) is 0 Å². The molecule has 0 aromatic rings. The normalized spacial score (nSPS) is 10.8. The molecule has 0 bridgehead atoms. The molecule has 0 atom stereocenters. The van der Waals surface area contributed by atoms with Crippen LogP contribution in [-0.4, -0.2) is 54.9 Å². The molecule has 0 heterocycles. The Balaban J connectivity index is 4.21. The Morgan fingerprint density at radius 1 is 1.44 bits per heavy atom. The SMILES string of the molecule is CCC(CC)N(CCO)C(=O)COCCN. The van der Waals surface area contributed by atoms with Crippen LogP contribution in [0.2, 0.25) is 0 Å². The average Bonchev–Trinajstić information content (AvgIpc) is 2.29. The van der Waals surface area contributed by atoms with E-state index in [-0.39, 0.29) is 25.2 Å². The third-order valence-corrected chi connectivity index (χ3v) is 2.53. The summed E-state index contributed by atoms with van der Waals surface area (Å²) in [7, 11) is 0. The fraction of sp³-hybridized carbons (Fsp3) is 0.909. The molecule has 16 heavy (non-hydrogen) atoms. The van der Waals surface area contributed by atoms with Gasteiger partial charge in [0, 0.05) is 19.1 Å². The van der Waals surface area contributed by atoms with Gasteiger partial charge in [-0.05, 0) is 12.8 Å². The van der Waals surface area contributed by atoms with Gasteiger partial charge < -0.3 is 20.5 Å². The zero-order chi connectivity index (χ0) is 12.4. The maximum atomic E-state index is 11.8. The van der Waals surface area contributed by atoms with Gasteiger partial charge in [0.25, 0.3) is 0 Å². The fourth-order valence-electron chi connectivity index (χ4n) is 1.67. The van der Waals surface area contributed by atoms with Gasteiger partial charge in [-0.15, -0.1) is 0 Å².